The first-order valence-electron chi connectivity index (χ1n) is 23.8. The summed E-state index contributed by atoms with van der Waals surface area (Å²) in [5, 5.41) is 14.7. The molecule has 5 heterocycles. The number of likely N-dealkylation sites (tertiary alicyclic amines) is 2. The van der Waals surface area contributed by atoms with Crippen LogP contribution in [0.4, 0.5) is 15.3 Å². The molecule has 0 radical (unpaired) electrons. The molecule has 0 unspecified atom stereocenters. The average Bonchev–Trinajstić information content (AvgIpc) is 4.16. The molecule has 68 heavy (non-hydrogen) atoms. The Morgan fingerprint density at radius 3 is 1.53 bits per heavy atom. The van der Waals surface area contributed by atoms with E-state index in [0.717, 1.165) is 51.7 Å². The van der Waals surface area contributed by atoms with Crippen LogP contribution in [0.5, 0.6) is 0 Å². The highest BCUT2D eigenvalue weighted by atomic mass is 16.5. The van der Waals surface area contributed by atoms with E-state index in [1.165, 1.54) is 12.7 Å². The van der Waals surface area contributed by atoms with Crippen molar-refractivity contribution in [2.75, 3.05) is 39.3 Å². The first-order valence-corrected chi connectivity index (χ1v) is 23.8. The second-order valence-electron chi connectivity index (χ2n) is 20.3. The molecule has 3 fully saturated rings. The largest absolute Gasteiger partial charge is 0.465 e. The van der Waals surface area contributed by atoms with Gasteiger partial charge in [0.1, 0.15) is 23.7 Å². The monoisotopic (exact) mass is 934 g/mol. The van der Waals surface area contributed by atoms with Gasteiger partial charge in [0.15, 0.2) is 0 Å². The number of anilines is 1. The van der Waals surface area contributed by atoms with Crippen LogP contribution in [0.25, 0.3) is 22.1 Å². The second-order valence-corrected chi connectivity index (χ2v) is 20.3. The van der Waals surface area contributed by atoms with Crippen LogP contribution in [0.3, 0.4) is 0 Å². The number of fused-ring (bicyclic) bond motifs is 2. The number of carboxylic acid groups (broad SMARTS) is 1. The number of benzene rings is 3. The van der Waals surface area contributed by atoms with E-state index in [1.807, 2.05) is 39.8 Å². The number of amides is 4. The Bertz CT molecular complexity index is 2640. The fourth-order valence-corrected chi connectivity index (χ4v) is 10.4. The van der Waals surface area contributed by atoms with Gasteiger partial charge in [-0.3, -0.25) is 9.59 Å². The van der Waals surface area contributed by atoms with Gasteiger partial charge in [-0.05, 0) is 83.2 Å². The van der Waals surface area contributed by atoms with Gasteiger partial charge >= 0.3 is 12.2 Å². The number of hydrogen-bond donors (Lipinski definition) is 5. The molecular formula is C51H67N9O8. The maximum absolute atomic E-state index is 14.1. The molecule has 0 spiro atoms. The van der Waals surface area contributed by atoms with Crippen molar-refractivity contribution in [3.8, 4) is 0 Å². The summed E-state index contributed by atoms with van der Waals surface area (Å²) in [7, 11) is 4.56. The van der Waals surface area contributed by atoms with Crippen LogP contribution in [-0.4, -0.2) is 118 Å². The standard InChI is InChI=1S/C51H67N9O8/c1-27(2)43(56-49(63)64)47(61)58-25-33(66-8)23-41(58)45-52-35-17-11-29(21-37(35)54-45)39-19-20-40(60(39)32-15-13-31(14-16-32)51(5,6)7)30-12-18-36-38(22-30)55-46(53-36)42-24-34(67-9)26-59(42)48(62)44(28(3)4)57-50(65)68-10/h11-18,21-22,27-28,33-34,39-44,56H,19-20,23-26H2,1-10H3,(H,52,54)(H,53,55)(H,57,65)(H,63,64)/t33-,34-,39+,40+,41-,42-,43-,44-/m0/s1. The van der Waals surface area contributed by atoms with Crippen molar-refractivity contribution >= 4 is 51.8 Å². The smallest absolute Gasteiger partial charge is 0.407 e. The van der Waals surface area contributed by atoms with Crippen molar-refractivity contribution in [1.29, 1.82) is 0 Å². The Morgan fingerprint density at radius 2 is 1.13 bits per heavy atom. The molecule has 5 aromatic rings. The quantitative estimate of drug-likeness (QED) is 0.0763. The minimum Gasteiger partial charge on any atom is -0.465 e. The van der Waals surface area contributed by atoms with Crippen LogP contribution < -0.4 is 15.5 Å². The number of nitrogens with zero attached hydrogens (tertiary/aromatic N) is 5. The summed E-state index contributed by atoms with van der Waals surface area (Å²) in [5.74, 6) is 0.341. The van der Waals surface area contributed by atoms with Gasteiger partial charge in [0.05, 0.1) is 65.6 Å². The van der Waals surface area contributed by atoms with Gasteiger partial charge in [0.25, 0.3) is 0 Å². The minimum atomic E-state index is -1.24. The molecule has 17 heteroatoms. The average molecular weight is 934 g/mol. The molecule has 3 aliphatic heterocycles. The number of aromatic nitrogens is 4. The summed E-state index contributed by atoms with van der Waals surface area (Å²) in [6.07, 6.45) is 0.510. The Morgan fingerprint density at radius 1 is 0.676 bits per heavy atom. The highest BCUT2D eigenvalue weighted by Crippen LogP contribution is 2.48. The number of carbonyl (C=O) groups excluding carboxylic acids is 3. The maximum atomic E-state index is 14.1. The number of nitrogens with one attached hydrogen (secondary N) is 4. The number of alkyl carbamates (subject to hydrolysis) is 1. The van der Waals surface area contributed by atoms with Crippen LogP contribution in [-0.2, 0) is 29.2 Å². The highest BCUT2D eigenvalue weighted by molar-refractivity contribution is 5.87. The molecule has 0 aliphatic carbocycles. The summed E-state index contributed by atoms with van der Waals surface area (Å²) in [5.41, 5.74) is 7.87. The van der Waals surface area contributed by atoms with Crippen LogP contribution in [0.2, 0.25) is 0 Å². The van der Waals surface area contributed by atoms with Gasteiger partial charge < -0.3 is 54.6 Å². The van der Waals surface area contributed by atoms with Crippen molar-refractivity contribution in [3.05, 3.63) is 89.0 Å². The van der Waals surface area contributed by atoms with Crippen LogP contribution in [0.1, 0.15) is 127 Å². The maximum Gasteiger partial charge on any atom is 0.407 e. The highest BCUT2D eigenvalue weighted by Gasteiger charge is 2.44. The third-order valence-corrected chi connectivity index (χ3v) is 14.2. The number of H-pyrrole nitrogens is 2. The minimum absolute atomic E-state index is 0.0116. The molecule has 0 saturated carbocycles. The summed E-state index contributed by atoms with van der Waals surface area (Å²) < 4.78 is 16.4. The third-order valence-electron chi connectivity index (χ3n) is 14.2. The molecule has 3 aliphatic rings. The molecule has 0 bridgehead atoms. The Hall–Kier alpha value is -6.20. The molecule has 17 nitrogen and oxygen atoms in total. The van der Waals surface area contributed by atoms with Crippen molar-refractivity contribution in [2.24, 2.45) is 11.8 Å². The predicted octanol–water partition coefficient (Wildman–Crippen LogP) is 8.07. The lowest BCUT2D eigenvalue weighted by Crippen LogP contribution is -2.51. The Labute approximate surface area is 397 Å². The lowest BCUT2D eigenvalue weighted by Gasteiger charge is -2.34. The molecule has 364 valence electrons. The molecule has 2 aromatic heterocycles. The second kappa shape index (κ2) is 19.4. The lowest BCUT2D eigenvalue weighted by atomic mass is 9.87. The van der Waals surface area contributed by atoms with Crippen molar-refractivity contribution in [1.82, 2.24) is 40.4 Å². The number of imidazole rings is 2. The van der Waals surface area contributed by atoms with Crippen molar-refractivity contribution in [2.45, 2.75) is 128 Å². The van der Waals surface area contributed by atoms with E-state index in [0.29, 0.717) is 37.6 Å². The van der Waals surface area contributed by atoms with Gasteiger partial charge in [0.2, 0.25) is 11.8 Å². The normalized spacial score (nSPS) is 23.0. The van der Waals surface area contributed by atoms with Gasteiger partial charge in [-0.15, -0.1) is 0 Å². The Kier molecular flexibility index (Phi) is 13.8. The van der Waals surface area contributed by atoms with Crippen LogP contribution >= 0.6 is 0 Å². The first kappa shape index (κ1) is 48.3. The summed E-state index contributed by atoms with van der Waals surface area (Å²) >= 11 is 0. The zero-order valence-corrected chi connectivity index (χ0v) is 40.8. The zero-order valence-electron chi connectivity index (χ0n) is 40.8. The molecule has 5 N–H and O–H groups in total. The molecule has 8 rings (SSSR count). The zero-order chi connectivity index (χ0) is 48.8. The third kappa shape index (κ3) is 9.59. The van der Waals surface area contributed by atoms with Gasteiger partial charge in [-0.25, -0.2) is 19.6 Å². The number of hydrogen-bond acceptors (Lipinski definition) is 10. The lowest BCUT2D eigenvalue weighted by molar-refractivity contribution is -0.136. The predicted molar refractivity (Wildman–Crippen MR) is 258 cm³/mol. The fourth-order valence-electron chi connectivity index (χ4n) is 10.4. The molecular weight excluding hydrogens is 867 g/mol. The molecule has 3 saturated heterocycles. The van der Waals surface area contributed by atoms with E-state index in [1.54, 1.807) is 24.0 Å². The van der Waals surface area contributed by atoms with Crippen LogP contribution in [0, 0.1) is 11.8 Å². The number of ether oxygens (including phenoxy) is 3. The molecule has 4 amide bonds. The first-order chi connectivity index (χ1) is 32.4. The number of carbonyl (C=O) groups is 4. The van der Waals surface area contributed by atoms with E-state index in [2.05, 4.69) is 94.8 Å². The Balaban J connectivity index is 1.11. The van der Waals surface area contributed by atoms with Gasteiger partial charge in [0, 0.05) is 45.8 Å². The van der Waals surface area contributed by atoms with E-state index in [4.69, 9.17) is 24.2 Å². The summed E-state index contributed by atoms with van der Waals surface area (Å²) in [4.78, 5) is 75.1. The summed E-state index contributed by atoms with van der Waals surface area (Å²) in [6, 6.07) is 19.2. The van der Waals surface area contributed by atoms with Crippen LogP contribution in [0.15, 0.2) is 60.7 Å². The van der Waals surface area contributed by atoms with E-state index >= 15 is 0 Å². The van der Waals surface area contributed by atoms with Gasteiger partial charge in [-0.1, -0.05) is 72.7 Å². The van der Waals surface area contributed by atoms with Gasteiger partial charge in [-0.2, -0.15) is 0 Å². The number of rotatable bonds is 13. The fraction of sp³-hybridized carbons (Fsp3) is 0.529. The SMILES string of the molecule is COC(=O)N[C@H](C(=O)N1C[C@@H](OC)C[C@H]1c1nc2ccc([C@H]3CC[C@H](c4ccc5nc([C@@H]6C[C@H](OC)CN6C(=O)[C@@H](NC(=O)O)C(C)C)[nH]c5c4)N3c3ccc(C(C)(C)C)cc3)cc2[nH]1)C(C)C. The molecule has 3 aromatic carbocycles. The molecule has 8 atom stereocenters. The van der Waals surface area contributed by atoms with E-state index in [-0.39, 0.29) is 59.4 Å². The van der Waals surface area contributed by atoms with E-state index < -0.39 is 30.3 Å². The van der Waals surface area contributed by atoms with Crippen molar-refractivity contribution < 1.29 is 38.5 Å². The topological polar surface area (TPSA) is 207 Å². The van der Waals surface area contributed by atoms with Crippen molar-refractivity contribution in [3.63, 3.8) is 0 Å². The van der Waals surface area contributed by atoms with E-state index in [9.17, 15) is 24.3 Å². The number of aromatic amines is 2. The number of methoxy groups -OCH3 is 3. The summed E-state index contributed by atoms with van der Waals surface area (Å²) in [6.45, 7) is 14.8.